The molecule has 1 aliphatic heterocycles. The molecule has 15 heavy (non-hydrogen) atoms. The summed E-state index contributed by atoms with van der Waals surface area (Å²) < 4.78 is 5.43. The molecule has 2 rings (SSSR count). The van der Waals surface area contributed by atoms with E-state index in [-0.39, 0.29) is 0 Å². The van der Waals surface area contributed by atoms with Crippen molar-refractivity contribution < 1.29 is 4.74 Å². The molecule has 2 nitrogen and oxygen atoms in total. The van der Waals surface area contributed by atoms with Crippen LogP contribution in [0, 0.1) is 6.92 Å². The highest BCUT2D eigenvalue weighted by Gasteiger charge is 2.12. The standard InChI is InChI=1S/C13H19NO/c1-11-4-6-12(7-5-11)9-14-13-3-2-8-15-10-13/h4-7,13-14H,2-3,8-10H2,1H3. The summed E-state index contributed by atoms with van der Waals surface area (Å²) in [5, 5.41) is 3.53. The molecule has 1 aromatic rings. The Morgan fingerprint density at radius 2 is 2.13 bits per heavy atom. The van der Waals surface area contributed by atoms with Gasteiger partial charge in [-0.3, -0.25) is 0 Å². The van der Waals surface area contributed by atoms with E-state index in [0.29, 0.717) is 6.04 Å². The summed E-state index contributed by atoms with van der Waals surface area (Å²) in [5.41, 5.74) is 2.67. The normalized spacial score (nSPS) is 21.5. The minimum Gasteiger partial charge on any atom is -0.380 e. The average molecular weight is 205 g/mol. The van der Waals surface area contributed by atoms with E-state index in [0.717, 1.165) is 19.8 Å². The van der Waals surface area contributed by atoms with Gasteiger partial charge in [0.15, 0.2) is 0 Å². The van der Waals surface area contributed by atoms with Gasteiger partial charge < -0.3 is 10.1 Å². The van der Waals surface area contributed by atoms with Crippen molar-refractivity contribution >= 4 is 0 Å². The molecule has 0 spiro atoms. The molecule has 1 heterocycles. The van der Waals surface area contributed by atoms with Crippen molar-refractivity contribution in [3.8, 4) is 0 Å². The highest BCUT2D eigenvalue weighted by atomic mass is 16.5. The van der Waals surface area contributed by atoms with Crippen molar-refractivity contribution in [3.63, 3.8) is 0 Å². The topological polar surface area (TPSA) is 21.3 Å². The zero-order valence-corrected chi connectivity index (χ0v) is 9.33. The van der Waals surface area contributed by atoms with E-state index < -0.39 is 0 Å². The summed E-state index contributed by atoms with van der Waals surface area (Å²) in [7, 11) is 0. The maximum absolute atomic E-state index is 5.43. The van der Waals surface area contributed by atoms with Crippen LogP contribution in [0.4, 0.5) is 0 Å². The molecule has 2 heteroatoms. The molecule has 0 aliphatic carbocycles. The minimum absolute atomic E-state index is 0.542. The Hall–Kier alpha value is -0.860. The molecule has 0 bridgehead atoms. The lowest BCUT2D eigenvalue weighted by atomic mass is 10.1. The number of ether oxygens (including phenoxy) is 1. The number of nitrogens with one attached hydrogen (secondary N) is 1. The molecule has 82 valence electrons. The molecule has 0 amide bonds. The van der Waals surface area contributed by atoms with Crippen molar-refractivity contribution in [3.05, 3.63) is 35.4 Å². The van der Waals surface area contributed by atoms with E-state index in [2.05, 4.69) is 36.5 Å². The van der Waals surface area contributed by atoms with Crippen LogP contribution in [-0.2, 0) is 11.3 Å². The third-order valence-corrected chi connectivity index (χ3v) is 2.88. The van der Waals surface area contributed by atoms with Crippen LogP contribution in [0.25, 0.3) is 0 Å². The van der Waals surface area contributed by atoms with Crippen molar-refractivity contribution in [2.75, 3.05) is 13.2 Å². The average Bonchev–Trinajstić information content (AvgIpc) is 2.30. The molecule has 1 aliphatic rings. The fourth-order valence-corrected chi connectivity index (χ4v) is 1.87. The Kier molecular flexibility index (Phi) is 3.75. The summed E-state index contributed by atoms with van der Waals surface area (Å²) in [6.07, 6.45) is 2.43. The lowest BCUT2D eigenvalue weighted by Gasteiger charge is -2.23. The second kappa shape index (κ2) is 5.29. The van der Waals surface area contributed by atoms with Crippen LogP contribution in [0.1, 0.15) is 24.0 Å². The fourth-order valence-electron chi connectivity index (χ4n) is 1.87. The highest BCUT2D eigenvalue weighted by molar-refractivity contribution is 5.21. The number of hydrogen-bond donors (Lipinski definition) is 1. The Bertz CT molecular complexity index is 288. The first kappa shape index (κ1) is 10.7. The zero-order chi connectivity index (χ0) is 10.5. The lowest BCUT2D eigenvalue weighted by Crippen LogP contribution is -2.36. The second-order valence-corrected chi connectivity index (χ2v) is 4.28. The van der Waals surface area contributed by atoms with Gasteiger partial charge in [0.1, 0.15) is 0 Å². The SMILES string of the molecule is Cc1ccc(CNC2CCCOC2)cc1. The maximum Gasteiger partial charge on any atom is 0.0619 e. The van der Waals surface area contributed by atoms with Gasteiger partial charge in [-0.1, -0.05) is 29.8 Å². The number of benzene rings is 1. The van der Waals surface area contributed by atoms with E-state index in [1.165, 1.54) is 24.0 Å². The first-order valence-corrected chi connectivity index (χ1v) is 5.71. The van der Waals surface area contributed by atoms with Crippen molar-refractivity contribution in [1.82, 2.24) is 5.32 Å². The van der Waals surface area contributed by atoms with Gasteiger partial charge in [-0.25, -0.2) is 0 Å². The van der Waals surface area contributed by atoms with Gasteiger partial charge in [0.25, 0.3) is 0 Å². The molecule has 1 unspecified atom stereocenters. The summed E-state index contributed by atoms with van der Waals surface area (Å²) in [6.45, 7) is 4.87. The Morgan fingerprint density at radius 3 is 2.80 bits per heavy atom. The third kappa shape index (κ3) is 3.33. The smallest absolute Gasteiger partial charge is 0.0619 e. The van der Waals surface area contributed by atoms with Gasteiger partial charge in [0.05, 0.1) is 6.61 Å². The van der Waals surface area contributed by atoms with Crippen LogP contribution >= 0.6 is 0 Å². The van der Waals surface area contributed by atoms with Gasteiger partial charge in [-0.2, -0.15) is 0 Å². The van der Waals surface area contributed by atoms with Crippen LogP contribution in [0.3, 0.4) is 0 Å². The summed E-state index contributed by atoms with van der Waals surface area (Å²) in [6, 6.07) is 9.24. The van der Waals surface area contributed by atoms with E-state index in [4.69, 9.17) is 4.74 Å². The first-order chi connectivity index (χ1) is 7.34. The van der Waals surface area contributed by atoms with Crippen LogP contribution < -0.4 is 5.32 Å². The van der Waals surface area contributed by atoms with E-state index >= 15 is 0 Å². The molecule has 1 N–H and O–H groups in total. The van der Waals surface area contributed by atoms with Gasteiger partial charge in [-0.05, 0) is 25.3 Å². The fraction of sp³-hybridized carbons (Fsp3) is 0.538. The monoisotopic (exact) mass is 205 g/mol. The largest absolute Gasteiger partial charge is 0.380 e. The van der Waals surface area contributed by atoms with Gasteiger partial charge in [-0.15, -0.1) is 0 Å². The first-order valence-electron chi connectivity index (χ1n) is 5.71. The molecular formula is C13H19NO. The van der Waals surface area contributed by atoms with Crippen LogP contribution in [0.2, 0.25) is 0 Å². The Labute approximate surface area is 91.6 Å². The quantitative estimate of drug-likeness (QED) is 0.817. The maximum atomic E-state index is 5.43. The van der Waals surface area contributed by atoms with E-state index in [1.54, 1.807) is 0 Å². The van der Waals surface area contributed by atoms with E-state index in [1.807, 2.05) is 0 Å². The summed E-state index contributed by atoms with van der Waals surface area (Å²) in [5.74, 6) is 0. The Morgan fingerprint density at radius 1 is 1.33 bits per heavy atom. The number of aryl methyl sites for hydroxylation is 1. The number of rotatable bonds is 3. The lowest BCUT2D eigenvalue weighted by molar-refractivity contribution is 0.0699. The molecule has 0 aromatic heterocycles. The van der Waals surface area contributed by atoms with Crippen molar-refractivity contribution in [2.24, 2.45) is 0 Å². The van der Waals surface area contributed by atoms with Gasteiger partial charge in [0, 0.05) is 19.2 Å². The van der Waals surface area contributed by atoms with Crippen LogP contribution in [0.15, 0.2) is 24.3 Å². The molecule has 0 radical (unpaired) electrons. The molecule has 1 atom stereocenters. The third-order valence-electron chi connectivity index (χ3n) is 2.88. The molecule has 1 fully saturated rings. The molecular weight excluding hydrogens is 186 g/mol. The van der Waals surface area contributed by atoms with Crippen LogP contribution in [0.5, 0.6) is 0 Å². The van der Waals surface area contributed by atoms with Gasteiger partial charge >= 0.3 is 0 Å². The second-order valence-electron chi connectivity index (χ2n) is 4.28. The molecule has 1 saturated heterocycles. The van der Waals surface area contributed by atoms with Crippen LogP contribution in [-0.4, -0.2) is 19.3 Å². The summed E-state index contributed by atoms with van der Waals surface area (Å²) >= 11 is 0. The Balaban J connectivity index is 1.79. The minimum atomic E-state index is 0.542. The molecule has 0 saturated carbocycles. The highest BCUT2D eigenvalue weighted by Crippen LogP contribution is 2.08. The van der Waals surface area contributed by atoms with E-state index in [9.17, 15) is 0 Å². The predicted octanol–water partition coefficient (Wildman–Crippen LogP) is 2.26. The van der Waals surface area contributed by atoms with Crippen molar-refractivity contribution in [1.29, 1.82) is 0 Å². The summed E-state index contributed by atoms with van der Waals surface area (Å²) in [4.78, 5) is 0. The van der Waals surface area contributed by atoms with Crippen molar-refractivity contribution in [2.45, 2.75) is 32.4 Å². The number of hydrogen-bond acceptors (Lipinski definition) is 2. The zero-order valence-electron chi connectivity index (χ0n) is 9.33. The molecule has 1 aromatic carbocycles. The predicted molar refractivity (Wildman–Crippen MR) is 61.9 cm³/mol. The van der Waals surface area contributed by atoms with Gasteiger partial charge in [0.2, 0.25) is 0 Å².